The quantitative estimate of drug-likeness (QED) is 0.378. The van der Waals surface area contributed by atoms with Crippen molar-refractivity contribution in [2.45, 2.75) is 33.1 Å². The molecule has 0 aliphatic heterocycles. The van der Waals surface area contributed by atoms with Gasteiger partial charge in [-0.2, -0.15) is 4.57 Å². The third-order valence-electron chi connectivity index (χ3n) is 6.35. The van der Waals surface area contributed by atoms with Crippen LogP contribution in [0.4, 0.5) is 0 Å². The molecule has 1 nitrogen and oxygen atoms in total. The van der Waals surface area contributed by atoms with E-state index < -0.39 is 0 Å². The number of benzene rings is 3. The summed E-state index contributed by atoms with van der Waals surface area (Å²) in [5, 5.41) is 2.75. The fourth-order valence-corrected chi connectivity index (χ4v) is 4.66. The number of nitrogens with zero attached hydrogens (tertiary/aromatic N) is 1. The Morgan fingerprint density at radius 1 is 0.750 bits per heavy atom. The Kier molecular flexibility index (Phi) is 4.05. The predicted octanol–water partition coefficient (Wildman–Crippen LogP) is 6.10. The maximum atomic E-state index is 2.46. The number of fused-ring (bicyclic) bond motifs is 2. The Bertz CT molecular complexity index is 1200. The van der Waals surface area contributed by atoms with Crippen LogP contribution in [0.1, 0.15) is 28.8 Å². The largest absolute Gasteiger partial charge is 0.220 e. The standard InChI is InChI=1S/C27H26N/c1-18-12-13-23(20-8-5-4-6-9-20)16-25(18)27-26-17-22-11-7-10-21(22)15-24(26)14-19(2)28(27)3/h4-6,8-9,12-17H,7,10-11H2,1-3H3/q+1. The Balaban J connectivity index is 1.81. The molecule has 4 aromatic rings. The Morgan fingerprint density at radius 3 is 2.29 bits per heavy atom. The summed E-state index contributed by atoms with van der Waals surface area (Å²) in [4.78, 5) is 0. The van der Waals surface area contributed by atoms with Crippen LogP contribution in [0.5, 0.6) is 0 Å². The highest BCUT2D eigenvalue weighted by molar-refractivity contribution is 5.95. The van der Waals surface area contributed by atoms with Gasteiger partial charge in [0.2, 0.25) is 5.69 Å². The molecule has 1 aliphatic carbocycles. The normalized spacial score (nSPS) is 13.1. The fraction of sp³-hybridized carbons (Fsp3) is 0.222. The lowest BCUT2D eigenvalue weighted by Crippen LogP contribution is -2.35. The van der Waals surface area contributed by atoms with E-state index >= 15 is 0 Å². The minimum Gasteiger partial charge on any atom is -0.198 e. The van der Waals surface area contributed by atoms with E-state index in [-0.39, 0.29) is 0 Å². The van der Waals surface area contributed by atoms with E-state index in [1.807, 2.05) is 0 Å². The molecule has 0 atom stereocenters. The topological polar surface area (TPSA) is 3.88 Å². The molecule has 0 unspecified atom stereocenters. The Morgan fingerprint density at radius 2 is 1.50 bits per heavy atom. The van der Waals surface area contributed by atoms with Crippen molar-refractivity contribution in [3.05, 3.63) is 89.1 Å². The first kappa shape index (κ1) is 17.2. The molecule has 1 aliphatic rings. The number of hydrogen-bond acceptors (Lipinski definition) is 0. The molecule has 0 fully saturated rings. The molecule has 3 aromatic carbocycles. The van der Waals surface area contributed by atoms with Gasteiger partial charge in [0, 0.05) is 13.0 Å². The van der Waals surface area contributed by atoms with Gasteiger partial charge in [-0.1, -0.05) is 48.5 Å². The highest BCUT2D eigenvalue weighted by atomic mass is 14.9. The summed E-state index contributed by atoms with van der Waals surface area (Å²) in [7, 11) is 2.20. The average molecular weight is 365 g/mol. The molecular formula is C27H26N+. The highest BCUT2D eigenvalue weighted by Gasteiger charge is 2.22. The van der Waals surface area contributed by atoms with E-state index in [1.165, 1.54) is 69.2 Å². The molecular weight excluding hydrogens is 338 g/mol. The van der Waals surface area contributed by atoms with Gasteiger partial charge < -0.3 is 0 Å². The van der Waals surface area contributed by atoms with Crippen LogP contribution in [0.25, 0.3) is 33.2 Å². The smallest absolute Gasteiger partial charge is 0.198 e. The summed E-state index contributed by atoms with van der Waals surface area (Å²) < 4.78 is 2.36. The molecule has 0 N–H and O–H groups in total. The summed E-state index contributed by atoms with van der Waals surface area (Å²) in [6, 6.07) is 24.8. The predicted molar refractivity (Wildman–Crippen MR) is 117 cm³/mol. The first-order valence-electron chi connectivity index (χ1n) is 10.2. The maximum Gasteiger partial charge on any atom is 0.220 e. The van der Waals surface area contributed by atoms with E-state index in [0.717, 1.165) is 0 Å². The van der Waals surface area contributed by atoms with Gasteiger partial charge in [-0.25, -0.2) is 0 Å². The average Bonchev–Trinajstić information content (AvgIpc) is 3.16. The van der Waals surface area contributed by atoms with Crippen LogP contribution in [0.3, 0.4) is 0 Å². The molecule has 0 spiro atoms. The third-order valence-corrected chi connectivity index (χ3v) is 6.35. The number of pyridine rings is 1. The van der Waals surface area contributed by atoms with Crippen molar-refractivity contribution >= 4 is 10.8 Å². The van der Waals surface area contributed by atoms with Crippen LogP contribution in [0.15, 0.2) is 66.7 Å². The van der Waals surface area contributed by atoms with Crippen LogP contribution in [0, 0.1) is 13.8 Å². The van der Waals surface area contributed by atoms with Crippen LogP contribution >= 0.6 is 0 Å². The van der Waals surface area contributed by atoms with Gasteiger partial charge in [-0.3, -0.25) is 0 Å². The lowest BCUT2D eigenvalue weighted by molar-refractivity contribution is -0.665. The van der Waals surface area contributed by atoms with Gasteiger partial charge in [0.25, 0.3) is 0 Å². The minimum absolute atomic E-state index is 1.21. The van der Waals surface area contributed by atoms with Gasteiger partial charge in [0.05, 0.1) is 10.9 Å². The van der Waals surface area contributed by atoms with Crippen LogP contribution in [-0.4, -0.2) is 0 Å². The van der Waals surface area contributed by atoms with E-state index in [4.69, 9.17) is 0 Å². The van der Waals surface area contributed by atoms with Crippen molar-refractivity contribution in [1.29, 1.82) is 0 Å². The molecule has 0 amide bonds. The van der Waals surface area contributed by atoms with Crippen molar-refractivity contribution in [2.24, 2.45) is 7.05 Å². The molecule has 0 bridgehead atoms. The summed E-state index contributed by atoms with van der Waals surface area (Å²) in [6.07, 6.45) is 3.73. The second-order valence-corrected chi connectivity index (χ2v) is 8.15. The van der Waals surface area contributed by atoms with Gasteiger partial charge in [-0.15, -0.1) is 0 Å². The highest BCUT2D eigenvalue weighted by Crippen LogP contribution is 2.35. The molecule has 1 heteroatoms. The summed E-state index contributed by atoms with van der Waals surface area (Å²) in [5.74, 6) is 0. The second-order valence-electron chi connectivity index (χ2n) is 8.15. The number of aromatic nitrogens is 1. The van der Waals surface area contributed by atoms with Gasteiger partial charge >= 0.3 is 0 Å². The summed E-state index contributed by atoms with van der Waals surface area (Å²) in [5.41, 5.74) is 10.9. The molecule has 1 aromatic heterocycles. The van der Waals surface area contributed by atoms with Crippen LogP contribution in [0.2, 0.25) is 0 Å². The third kappa shape index (κ3) is 2.74. The molecule has 1 heterocycles. The van der Waals surface area contributed by atoms with E-state index in [0.29, 0.717) is 0 Å². The van der Waals surface area contributed by atoms with Crippen molar-refractivity contribution in [3.8, 4) is 22.4 Å². The van der Waals surface area contributed by atoms with E-state index in [1.54, 1.807) is 5.56 Å². The summed E-state index contributed by atoms with van der Waals surface area (Å²) >= 11 is 0. The maximum absolute atomic E-state index is 2.46. The lowest BCUT2D eigenvalue weighted by atomic mass is 9.93. The lowest BCUT2D eigenvalue weighted by Gasteiger charge is -2.13. The number of aryl methyl sites for hydroxylation is 4. The zero-order chi connectivity index (χ0) is 19.3. The first-order valence-corrected chi connectivity index (χ1v) is 10.2. The molecule has 5 rings (SSSR count). The number of rotatable bonds is 2. The molecule has 0 saturated carbocycles. The molecule has 0 radical (unpaired) electrons. The van der Waals surface area contributed by atoms with Crippen LogP contribution < -0.4 is 4.57 Å². The molecule has 0 saturated heterocycles. The van der Waals surface area contributed by atoms with Crippen LogP contribution in [-0.2, 0) is 19.9 Å². The van der Waals surface area contributed by atoms with E-state index in [2.05, 4.69) is 92.2 Å². The first-order chi connectivity index (χ1) is 13.6. The van der Waals surface area contributed by atoms with Crippen molar-refractivity contribution in [1.82, 2.24) is 0 Å². The van der Waals surface area contributed by atoms with Crippen molar-refractivity contribution in [2.75, 3.05) is 0 Å². The van der Waals surface area contributed by atoms with E-state index in [9.17, 15) is 0 Å². The minimum atomic E-state index is 1.21. The monoisotopic (exact) mass is 364 g/mol. The van der Waals surface area contributed by atoms with Gasteiger partial charge in [0.15, 0.2) is 5.69 Å². The van der Waals surface area contributed by atoms with Crippen molar-refractivity contribution in [3.63, 3.8) is 0 Å². The van der Waals surface area contributed by atoms with Crippen molar-refractivity contribution < 1.29 is 4.57 Å². The number of hydrogen-bond donors (Lipinski definition) is 0. The summed E-state index contributed by atoms with van der Waals surface area (Å²) in [6.45, 7) is 4.44. The SMILES string of the molecule is Cc1ccc(-c2ccccc2)cc1-c1c2cc3c(cc2cc(C)[n+]1C)CCC3. The molecule has 138 valence electrons. The Hall–Kier alpha value is -2.93. The van der Waals surface area contributed by atoms with Gasteiger partial charge in [-0.05, 0) is 71.5 Å². The fourth-order valence-electron chi connectivity index (χ4n) is 4.66. The molecule has 28 heavy (non-hydrogen) atoms. The Labute approximate surface area is 167 Å². The zero-order valence-electron chi connectivity index (χ0n) is 16.9. The van der Waals surface area contributed by atoms with Gasteiger partial charge in [0.1, 0.15) is 7.05 Å². The zero-order valence-corrected chi connectivity index (χ0v) is 16.9. The second kappa shape index (κ2) is 6.60.